The first-order valence-corrected chi connectivity index (χ1v) is 8.36. The minimum Gasteiger partial charge on any atom is -0.352 e. The van der Waals surface area contributed by atoms with Gasteiger partial charge in [0.2, 0.25) is 0 Å². The highest BCUT2D eigenvalue weighted by Crippen LogP contribution is 2.33. The largest absolute Gasteiger partial charge is 0.434 e. The van der Waals surface area contributed by atoms with E-state index in [4.69, 9.17) is 0 Å². The molecule has 2 heterocycles. The smallest absolute Gasteiger partial charge is 0.352 e. The number of benzene rings is 1. The standard InChI is InChI=1S/C17H14F3N3OS/c18-17(19,20)15-14(11-22-23(15)12-5-2-1-3-6-12)16(24)21-9-8-13-7-4-10-25-13/h1-7,10-11H,8-9H2,(H,21,24). The molecule has 1 amide bonds. The maximum absolute atomic E-state index is 13.5. The van der Waals surface area contributed by atoms with Gasteiger partial charge in [-0.15, -0.1) is 11.3 Å². The third-order valence-electron chi connectivity index (χ3n) is 3.52. The van der Waals surface area contributed by atoms with Crippen LogP contribution in [0.5, 0.6) is 0 Å². The van der Waals surface area contributed by atoms with Crippen molar-refractivity contribution in [2.24, 2.45) is 0 Å². The van der Waals surface area contributed by atoms with Gasteiger partial charge in [-0.05, 0) is 30.0 Å². The molecule has 130 valence electrons. The van der Waals surface area contributed by atoms with Gasteiger partial charge in [0.25, 0.3) is 5.91 Å². The van der Waals surface area contributed by atoms with Gasteiger partial charge in [-0.25, -0.2) is 4.68 Å². The van der Waals surface area contributed by atoms with Gasteiger partial charge in [0.1, 0.15) is 0 Å². The summed E-state index contributed by atoms with van der Waals surface area (Å²) in [4.78, 5) is 13.3. The predicted molar refractivity (Wildman–Crippen MR) is 88.9 cm³/mol. The molecule has 0 aliphatic carbocycles. The number of carbonyl (C=O) groups excluding carboxylic acids is 1. The summed E-state index contributed by atoms with van der Waals surface area (Å²) in [7, 11) is 0. The molecule has 25 heavy (non-hydrogen) atoms. The predicted octanol–water partition coefficient (Wildman–Crippen LogP) is 3.93. The van der Waals surface area contributed by atoms with Crippen molar-refractivity contribution in [1.82, 2.24) is 15.1 Å². The van der Waals surface area contributed by atoms with E-state index < -0.39 is 23.3 Å². The summed E-state index contributed by atoms with van der Waals surface area (Å²) in [5.74, 6) is -0.786. The van der Waals surface area contributed by atoms with Crippen LogP contribution in [-0.2, 0) is 12.6 Å². The number of halogens is 3. The summed E-state index contributed by atoms with van der Waals surface area (Å²) in [6, 6.07) is 11.7. The van der Waals surface area contributed by atoms with Crippen molar-refractivity contribution < 1.29 is 18.0 Å². The first-order valence-electron chi connectivity index (χ1n) is 7.48. The minimum absolute atomic E-state index is 0.243. The van der Waals surface area contributed by atoms with Gasteiger partial charge < -0.3 is 5.32 Å². The summed E-state index contributed by atoms with van der Waals surface area (Å²) in [5.41, 5.74) is -1.32. The number of hydrogen-bond acceptors (Lipinski definition) is 3. The maximum Gasteiger partial charge on any atom is 0.434 e. The van der Waals surface area contributed by atoms with Crippen LogP contribution in [0.2, 0.25) is 0 Å². The minimum atomic E-state index is -4.70. The Bertz CT molecular complexity index is 842. The van der Waals surface area contributed by atoms with Crippen molar-refractivity contribution in [3.05, 3.63) is 70.2 Å². The van der Waals surface area contributed by atoms with E-state index >= 15 is 0 Å². The Kier molecular flexibility index (Phi) is 4.89. The number of rotatable bonds is 5. The topological polar surface area (TPSA) is 46.9 Å². The fourth-order valence-corrected chi connectivity index (χ4v) is 3.11. The summed E-state index contributed by atoms with van der Waals surface area (Å²) in [6.45, 7) is 0.257. The van der Waals surface area contributed by atoms with E-state index in [2.05, 4.69) is 10.4 Å². The van der Waals surface area contributed by atoms with Gasteiger partial charge >= 0.3 is 6.18 Å². The lowest BCUT2D eigenvalue weighted by Gasteiger charge is -2.12. The normalized spacial score (nSPS) is 11.5. The monoisotopic (exact) mass is 365 g/mol. The molecule has 0 bridgehead atoms. The van der Waals surface area contributed by atoms with Crippen LogP contribution in [0.1, 0.15) is 20.9 Å². The van der Waals surface area contributed by atoms with Gasteiger partial charge in [-0.1, -0.05) is 24.3 Å². The molecule has 0 atom stereocenters. The van der Waals surface area contributed by atoms with Crippen LogP contribution in [0.3, 0.4) is 0 Å². The van der Waals surface area contributed by atoms with E-state index in [-0.39, 0.29) is 12.2 Å². The molecule has 4 nitrogen and oxygen atoms in total. The molecule has 8 heteroatoms. The third-order valence-corrected chi connectivity index (χ3v) is 4.46. The van der Waals surface area contributed by atoms with Crippen molar-refractivity contribution in [3.63, 3.8) is 0 Å². The van der Waals surface area contributed by atoms with Crippen LogP contribution in [0.4, 0.5) is 13.2 Å². The molecule has 1 N–H and O–H groups in total. The van der Waals surface area contributed by atoms with E-state index in [1.165, 1.54) is 23.5 Å². The van der Waals surface area contributed by atoms with E-state index in [1.807, 2.05) is 17.5 Å². The Morgan fingerprint density at radius 3 is 2.56 bits per heavy atom. The number of alkyl halides is 3. The summed E-state index contributed by atoms with van der Waals surface area (Å²) < 4.78 is 41.2. The molecule has 0 saturated heterocycles. The zero-order valence-electron chi connectivity index (χ0n) is 13.0. The fraction of sp³-hybridized carbons (Fsp3) is 0.176. The van der Waals surface area contributed by atoms with Gasteiger partial charge in [-0.3, -0.25) is 4.79 Å². The van der Waals surface area contributed by atoms with Crippen molar-refractivity contribution in [3.8, 4) is 5.69 Å². The van der Waals surface area contributed by atoms with Crippen LogP contribution >= 0.6 is 11.3 Å². The van der Waals surface area contributed by atoms with Crippen LogP contribution in [0.25, 0.3) is 5.69 Å². The molecule has 0 unspecified atom stereocenters. The number of para-hydroxylation sites is 1. The van der Waals surface area contributed by atoms with Crippen molar-refractivity contribution in [1.29, 1.82) is 0 Å². The second-order valence-electron chi connectivity index (χ2n) is 5.24. The number of carbonyl (C=O) groups is 1. The molecule has 2 aromatic heterocycles. The molecule has 0 spiro atoms. The van der Waals surface area contributed by atoms with Gasteiger partial charge in [0.05, 0.1) is 17.4 Å². The van der Waals surface area contributed by atoms with Gasteiger partial charge in [0.15, 0.2) is 5.69 Å². The molecule has 3 rings (SSSR count). The van der Waals surface area contributed by atoms with Gasteiger partial charge in [-0.2, -0.15) is 18.3 Å². The zero-order valence-corrected chi connectivity index (χ0v) is 13.8. The average molecular weight is 365 g/mol. The summed E-state index contributed by atoms with van der Waals surface area (Å²) in [6.07, 6.45) is -3.18. The Morgan fingerprint density at radius 1 is 1.16 bits per heavy atom. The molecular formula is C17H14F3N3OS. The second kappa shape index (κ2) is 7.10. The average Bonchev–Trinajstić information content (AvgIpc) is 3.24. The maximum atomic E-state index is 13.5. The lowest BCUT2D eigenvalue weighted by atomic mass is 10.2. The quantitative estimate of drug-likeness (QED) is 0.745. The SMILES string of the molecule is O=C(NCCc1cccs1)c1cnn(-c2ccccc2)c1C(F)(F)F. The second-order valence-corrected chi connectivity index (χ2v) is 6.27. The molecule has 1 aromatic carbocycles. The van der Waals surface area contributed by atoms with E-state index in [9.17, 15) is 18.0 Å². The first-order chi connectivity index (χ1) is 12.0. The van der Waals surface area contributed by atoms with E-state index in [0.29, 0.717) is 6.42 Å². The van der Waals surface area contributed by atoms with Crippen molar-refractivity contribution in [2.75, 3.05) is 6.54 Å². The third kappa shape index (κ3) is 3.90. The van der Waals surface area contributed by atoms with Crippen molar-refractivity contribution in [2.45, 2.75) is 12.6 Å². The highest BCUT2D eigenvalue weighted by atomic mass is 32.1. The van der Waals surface area contributed by atoms with Crippen LogP contribution in [-0.4, -0.2) is 22.2 Å². The van der Waals surface area contributed by atoms with Crippen LogP contribution < -0.4 is 5.32 Å². The molecular weight excluding hydrogens is 351 g/mol. The lowest BCUT2D eigenvalue weighted by molar-refractivity contribution is -0.143. The molecule has 0 aliphatic rings. The molecule has 0 saturated carbocycles. The highest BCUT2D eigenvalue weighted by Gasteiger charge is 2.40. The van der Waals surface area contributed by atoms with E-state index in [1.54, 1.807) is 18.2 Å². The number of aromatic nitrogens is 2. The number of thiophene rings is 1. The zero-order chi connectivity index (χ0) is 17.9. The number of nitrogens with zero attached hydrogens (tertiary/aromatic N) is 2. The first kappa shape index (κ1) is 17.2. The molecule has 0 radical (unpaired) electrons. The summed E-state index contributed by atoms with van der Waals surface area (Å²) in [5, 5.41) is 8.20. The van der Waals surface area contributed by atoms with Crippen molar-refractivity contribution >= 4 is 17.2 Å². The number of amides is 1. The molecule has 3 aromatic rings. The van der Waals surface area contributed by atoms with Crippen LogP contribution in [0, 0.1) is 0 Å². The molecule has 0 fully saturated rings. The summed E-state index contributed by atoms with van der Waals surface area (Å²) >= 11 is 1.53. The number of hydrogen-bond donors (Lipinski definition) is 1. The Morgan fingerprint density at radius 2 is 1.92 bits per heavy atom. The van der Waals surface area contributed by atoms with Gasteiger partial charge in [0, 0.05) is 11.4 Å². The lowest BCUT2D eigenvalue weighted by Crippen LogP contribution is -2.28. The van der Waals surface area contributed by atoms with Crippen LogP contribution in [0.15, 0.2) is 54.0 Å². The number of nitrogens with one attached hydrogen (secondary N) is 1. The van der Waals surface area contributed by atoms with E-state index in [0.717, 1.165) is 15.8 Å². The fourth-order valence-electron chi connectivity index (χ4n) is 2.40. The highest BCUT2D eigenvalue weighted by molar-refractivity contribution is 7.09. The Hall–Kier alpha value is -2.61. The molecule has 0 aliphatic heterocycles. The Balaban J connectivity index is 1.83. The Labute approximate surface area is 145 Å².